The highest BCUT2D eigenvalue weighted by atomic mass is 32.1. The molecule has 154 valence electrons. The smallest absolute Gasteiger partial charge is 0.235 e. The fourth-order valence-electron chi connectivity index (χ4n) is 4.60. The van der Waals surface area contributed by atoms with Gasteiger partial charge in [-0.05, 0) is 47.0 Å². The molecule has 4 aromatic rings. The van der Waals surface area contributed by atoms with Crippen LogP contribution in [0.2, 0.25) is 0 Å². The molecule has 0 saturated heterocycles. The highest BCUT2D eigenvalue weighted by Crippen LogP contribution is 2.40. The molecule has 0 bridgehead atoms. The summed E-state index contributed by atoms with van der Waals surface area (Å²) in [5, 5.41) is 2.16. The third kappa shape index (κ3) is 3.82. The summed E-state index contributed by atoms with van der Waals surface area (Å²) in [6, 6.07) is 31.1. The molecule has 0 unspecified atom stereocenters. The Morgan fingerprint density at radius 1 is 0.871 bits per heavy atom. The molecule has 0 spiro atoms. The lowest BCUT2D eigenvalue weighted by molar-refractivity contribution is -0.134. The first kappa shape index (κ1) is 19.8. The third-order valence-electron chi connectivity index (χ3n) is 6.15. The van der Waals surface area contributed by atoms with Crippen LogP contribution in [-0.2, 0) is 11.2 Å². The fourth-order valence-corrected chi connectivity index (χ4v) is 5.50. The molecule has 1 aliphatic heterocycles. The van der Waals surface area contributed by atoms with Crippen LogP contribution in [0.4, 0.5) is 0 Å². The topological polar surface area (TPSA) is 20.3 Å². The predicted molar refractivity (Wildman–Crippen MR) is 127 cm³/mol. The van der Waals surface area contributed by atoms with Gasteiger partial charge in [-0.1, -0.05) is 90.5 Å². The van der Waals surface area contributed by atoms with Gasteiger partial charge >= 0.3 is 0 Å². The van der Waals surface area contributed by atoms with Gasteiger partial charge in [-0.2, -0.15) is 0 Å². The molecule has 1 atom stereocenters. The monoisotopic (exact) mass is 423 g/mol. The Kier molecular flexibility index (Phi) is 5.44. The van der Waals surface area contributed by atoms with Gasteiger partial charge in [-0.3, -0.25) is 4.79 Å². The minimum absolute atomic E-state index is 0.0435. The molecule has 1 aromatic heterocycles. The van der Waals surface area contributed by atoms with Crippen LogP contribution >= 0.6 is 11.3 Å². The Morgan fingerprint density at radius 3 is 2.10 bits per heavy atom. The van der Waals surface area contributed by atoms with Crippen LogP contribution in [0.3, 0.4) is 0 Å². The fraction of sp³-hybridized carbons (Fsp3) is 0.179. The van der Waals surface area contributed by atoms with Crippen molar-refractivity contribution in [3.05, 3.63) is 129 Å². The van der Waals surface area contributed by atoms with E-state index in [2.05, 4.69) is 71.8 Å². The summed E-state index contributed by atoms with van der Waals surface area (Å²) in [5.74, 6) is -0.143. The molecule has 3 heteroatoms. The van der Waals surface area contributed by atoms with Crippen molar-refractivity contribution in [2.45, 2.75) is 25.3 Å². The van der Waals surface area contributed by atoms with Crippen molar-refractivity contribution in [3.8, 4) is 0 Å². The number of aryl methyl sites for hydroxylation is 1. The molecule has 1 amide bonds. The van der Waals surface area contributed by atoms with Gasteiger partial charge < -0.3 is 4.90 Å². The first-order valence-corrected chi connectivity index (χ1v) is 11.6. The Balaban J connectivity index is 1.60. The molecule has 2 heterocycles. The van der Waals surface area contributed by atoms with Crippen molar-refractivity contribution in [2.24, 2.45) is 0 Å². The zero-order chi connectivity index (χ0) is 21.2. The van der Waals surface area contributed by atoms with Gasteiger partial charge in [0.2, 0.25) is 5.91 Å². The van der Waals surface area contributed by atoms with Crippen LogP contribution < -0.4 is 0 Å². The summed E-state index contributed by atoms with van der Waals surface area (Å²) in [6.45, 7) is 2.84. The number of thiophene rings is 1. The molecule has 0 fully saturated rings. The van der Waals surface area contributed by atoms with Gasteiger partial charge in [0.15, 0.2) is 0 Å². The zero-order valence-electron chi connectivity index (χ0n) is 17.6. The van der Waals surface area contributed by atoms with Gasteiger partial charge in [0, 0.05) is 11.4 Å². The van der Waals surface area contributed by atoms with Crippen molar-refractivity contribution in [3.63, 3.8) is 0 Å². The molecule has 1 aliphatic rings. The molecule has 0 saturated carbocycles. The lowest BCUT2D eigenvalue weighted by Crippen LogP contribution is -2.42. The maximum atomic E-state index is 14.2. The number of fused-ring (bicyclic) bond motifs is 1. The van der Waals surface area contributed by atoms with Gasteiger partial charge in [0.05, 0.1) is 12.0 Å². The normalized spacial score (nSPS) is 15.7. The van der Waals surface area contributed by atoms with E-state index in [-0.39, 0.29) is 17.9 Å². The number of rotatable bonds is 4. The maximum Gasteiger partial charge on any atom is 0.235 e. The van der Waals surface area contributed by atoms with Crippen LogP contribution in [0.1, 0.15) is 44.7 Å². The van der Waals surface area contributed by atoms with E-state index >= 15 is 0 Å². The van der Waals surface area contributed by atoms with E-state index in [9.17, 15) is 4.79 Å². The molecule has 2 nitrogen and oxygen atoms in total. The summed E-state index contributed by atoms with van der Waals surface area (Å²) >= 11 is 1.80. The molecule has 0 aliphatic carbocycles. The van der Waals surface area contributed by atoms with Crippen LogP contribution in [0, 0.1) is 6.92 Å². The number of amides is 1. The Labute approximate surface area is 187 Å². The maximum absolute atomic E-state index is 14.2. The molecule has 0 N–H and O–H groups in total. The largest absolute Gasteiger partial charge is 0.330 e. The molecule has 0 radical (unpaired) electrons. The average Bonchev–Trinajstić information content (AvgIpc) is 3.30. The lowest BCUT2D eigenvalue weighted by atomic mass is 9.86. The number of carbonyl (C=O) groups excluding carboxylic acids is 1. The van der Waals surface area contributed by atoms with Crippen molar-refractivity contribution >= 4 is 17.2 Å². The van der Waals surface area contributed by atoms with E-state index < -0.39 is 0 Å². The van der Waals surface area contributed by atoms with Crippen LogP contribution in [0.15, 0.2) is 96.4 Å². The Morgan fingerprint density at radius 2 is 1.48 bits per heavy atom. The van der Waals surface area contributed by atoms with E-state index in [1.165, 1.54) is 21.6 Å². The van der Waals surface area contributed by atoms with E-state index in [4.69, 9.17) is 0 Å². The second-order valence-corrected chi connectivity index (χ2v) is 9.15. The second-order valence-electron chi connectivity index (χ2n) is 8.15. The standard InChI is InChI=1S/C28H25NOS/c1-20-12-14-23(15-13-20)27-24-17-19-31-25(24)16-18-29(27)28(30)26(21-8-4-2-5-9-21)22-10-6-3-7-11-22/h2-15,17,19,26-27H,16,18H2,1H3/t27-/m0/s1. The minimum Gasteiger partial charge on any atom is -0.330 e. The number of carbonyl (C=O) groups is 1. The second kappa shape index (κ2) is 8.52. The first-order chi connectivity index (χ1) is 15.2. The Bertz CT molecular complexity index is 1130. The van der Waals surface area contributed by atoms with Gasteiger partial charge in [0.25, 0.3) is 0 Å². The van der Waals surface area contributed by atoms with E-state index in [1.807, 2.05) is 36.4 Å². The SMILES string of the molecule is Cc1ccc([C@H]2c3ccsc3CCN2C(=O)C(c2ccccc2)c2ccccc2)cc1. The highest BCUT2D eigenvalue weighted by molar-refractivity contribution is 7.10. The minimum atomic E-state index is -0.310. The first-order valence-electron chi connectivity index (χ1n) is 10.8. The van der Waals surface area contributed by atoms with Crippen LogP contribution in [0.5, 0.6) is 0 Å². The summed E-state index contributed by atoms with van der Waals surface area (Å²) in [4.78, 5) is 17.7. The average molecular weight is 424 g/mol. The molecule has 31 heavy (non-hydrogen) atoms. The zero-order valence-corrected chi connectivity index (χ0v) is 18.4. The number of benzene rings is 3. The van der Waals surface area contributed by atoms with Gasteiger partial charge in [0.1, 0.15) is 0 Å². The number of hydrogen-bond acceptors (Lipinski definition) is 2. The molecular formula is C28H25NOS. The third-order valence-corrected chi connectivity index (χ3v) is 7.15. The molecule has 5 rings (SSSR count). The summed E-state index contributed by atoms with van der Waals surface area (Å²) < 4.78 is 0. The number of nitrogens with zero attached hydrogens (tertiary/aromatic N) is 1. The summed E-state index contributed by atoms with van der Waals surface area (Å²) in [6.07, 6.45) is 0.914. The quantitative estimate of drug-likeness (QED) is 0.374. The van der Waals surface area contributed by atoms with E-state index in [1.54, 1.807) is 11.3 Å². The van der Waals surface area contributed by atoms with Gasteiger partial charge in [-0.15, -0.1) is 11.3 Å². The lowest BCUT2D eigenvalue weighted by Gasteiger charge is -2.38. The van der Waals surface area contributed by atoms with Crippen molar-refractivity contribution in [2.75, 3.05) is 6.54 Å². The van der Waals surface area contributed by atoms with E-state index in [0.29, 0.717) is 0 Å². The highest BCUT2D eigenvalue weighted by Gasteiger charge is 2.36. The van der Waals surface area contributed by atoms with Crippen LogP contribution in [0.25, 0.3) is 0 Å². The van der Waals surface area contributed by atoms with Crippen LogP contribution in [-0.4, -0.2) is 17.4 Å². The number of hydrogen-bond donors (Lipinski definition) is 0. The summed E-state index contributed by atoms with van der Waals surface area (Å²) in [7, 11) is 0. The van der Waals surface area contributed by atoms with Crippen molar-refractivity contribution < 1.29 is 4.79 Å². The predicted octanol–water partition coefficient (Wildman–Crippen LogP) is 6.36. The molecular weight excluding hydrogens is 398 g/mol. The van der Waals surface area contributed by atoms with Gasteiger partial charge in [-0.25, -0.2) is 0 Å². The van der Waals surface area contributed by atoms with Crippen molar-refractivity contribution in [1.29, 1.82) is 0 Å². The molecule has 3 aromatic carbocycles. The Hall–Kier alpha value is -3.17. The van der Waals surface area contributed by atoms with Crippen molar-refractivity contribution in [1.82, 2.24) is 4.90 Å². The summed E-state index contributed by atoms with van der Waals surface area (Å²) in [5.41, 5.74) is 5.76. The van der Waals surface area contributed by atoms with E-state index in [0.717, 1.165) is 24.1 Å².